The van der Waals surface area contributed by atoms with Gasteiger partial charge in [0.2, 0.25) is 0 Å². The summed E-state index contributed by atoms with van der Waals surface area (Å²) in [6.07, 6.45) is 0. The van der Waals surface area contributed by atoms with E-state index in [9.17, 15) is 19.2 Å². The van der Waals surface area contributed by atoms with Crippen LogP contribution in [0, 0.1) is 0 Å². The van der Waals surface area contributed by atoms with Crippen LogP contribution >= 0.6 is 116 Å². The van der Waals surface area contributed by atoms with Crippen molar-refractivity contribution < 1.29 is 38.9 Å². The quantitative estimate of drug-likeness (QED) is 0.212. The molecule has 2 aromatic rings. The highest BCUT2D eigenvalue weighted by atomic mass is 35.5. The van der Waals surface area contributed by atoms with Crippen molar-refractivity contribution in [3.8, 4) is 11.5 Å². The number of nitrogens with zero attached hydrogens (tertiary/aromatic N) is 2. The minimum absolute atomic E-state index is 0.0386. The molecule has 2 aromatic carbocycles. The third-order valence-corrected chi connectivity index (χ3v) is 11.1. The monoisotopic (exact) mass is 978 g/mol. The molecular formula is C36H46Cl8N2O8S2. The van der Waals surface area contributed by atoms with Gasteiger partial charge in [-0.15, -0.1) is 0 Å². The maximum absolute atomic E-state index is 11.8. The largest absolute Gasteiger partial charge is 0.494 e. The molecule has 0 saturated heterocycles. The SMILES string of the molecule is CC(C)N(C(=O)SC/C(Cl)=C/Cl)C(C)C.CC(C)N(C(=O)SC/C(Cl)=C/Cl)C(C)C.COc1c(Cl)ccc(Cl)c1C(=O)O.COc1c(Cl)ccc(Cl)c1C(=O)O. The van der Waals surface area contributed by atoms with Gasteiger partial charge in [0.25, 0.3) is 10.5 Å². The Morgan fingerprint density at radius 2 is 0.839 bits per heavy atom. The molecule has 20 heteroatoms. The highest BCUT2D eigenvalue weighted by molar-refractivity contribution is 8.14. The van der Waals surface area contributed by atoms with E-state index in [2.05, 4.69) is 0 Å². The lowest BCUT2D eigenvalue weighted by Gasteiger charge is -2.30. The fourth-order valence-corrected chi connectivity index (χ4v) is 7.80. The predicted octanol–water partition coefficient (Wildman–Crippen LogP) is 14.0. The maximum atomic E-state index is 11.8. The Hall–Kier alpha value is -1.58. The van der Waals surface area contributed by atoms with Crippen LogP contribution in [0.2, 0.25) is 20.1 Å². The van der Waals surface area contributed by atoms with Crippen molar-refractivity contribution in [1.29, 1.82) is 0 Å². The summed E-state index contributed by atoms with van der Waals surface area (Å²) >= 11 is 47.3. The topological polar surface area (TPSA) is 134 Å². The van der Waals surface area contributed by atoms with Crippen LogP contribution in [0.3, 0.4) is 0 Å². The van der Waals surface area contributed by atoms with Crippen molar-refractivity contribution in [1.82, 2.24) is 9.80 Å². The number of methoxy groups -OCH3 is 2. The molecule has 0 atom stereocenters. The van der Waals surface area contributed by atoms with Crippen LogP contribution in [0.5, 0.6) is 11.5 Å². The molecule has 0 aliphatic rings. The van der Waals surface area contributed by atoms with Crippen molar-refractivity contribution in [2.45, 2.75) is 79.6 Å². The second-order valence-electron chi connectivity index (χ2n) is 11.9. The third kappa shape index (κ3) is 20.4. The molecule has 10 nitrogen and oxygen atoms in total. The number of carbonyl (C=O) groups excluding carboxylic acids is 2. The van der Waals surface area contributed by atoms with Gasteiger partial charge in [0.1, 0.15) is 11.1 Å². The Morgan fingerprint density at radius 1 is 0.589 bits per heavy atom. The van der Waals surface area contributed by atoms with Crippen molar-refractivity contribution in [2.24, 2.45) is 0 Å². The number of ether oxygens (including phenoxy) is 2. The van der Waals surface area contributed by atoms with E-state index in [4.69, 9.17) is 112 Å². The molecule has 2 rings (SSSR count). The number of benzene rings is 2. The summed E-state index contributed by atoms with van der Waals surface area (Å²) in [4.78, 5) is 48.7. The minimum Gasteiger partial charge on any atom is -0.494 e. The molecule has 0 aromatic heterocycles. The first kappa shape index (κ1) is 56.5. The van der Waals surface area contributed by atoms with Gasteiger partial charge >= 0.3 is 11.9 Å². The molecule has 0 spiro atoms. The van der Waals surface area contributed by atoms with Crippen LogP contribution in [-0.2, 0) is 0 Å². The average molecular weight is 983 g/mol. The van der Waals surface area contributed by atoms with Gasteiger partial charge in [0, 0.05) is 56.8 Å². The molecule has 0 saturated carbocycles. The Bertz CT molecular complexity index is 1530. The van der Waals surface area contributed by atoms with Crippen LogP contribution in [0.4, 0.5) is 9.59 Å². The van der Waals surface area contributed by atoms with E-state index in [1.165, 1.54) is 73.1 Å². The zero-order valence-electron chi connectivity index (χ0n) is 32.3. The highest BCUT2D eigenvalue weighted by Crippen LogP contribution is 2.34. The predicted molar refractivity (Wildman–Crippen MR) is 239 cm³/mol. The van der Waals surface area contributed by atoms with E-state index in [-0.39, 0.29) is 77.4 Å². The fraction of sp³-hybridized carbons (Fsp3) is 0.444. The Labute approximate surface area is 378 Å². The Morgan fingerprint density at radius 3 is 1.02 bits per heavy atom. The summed E-state index contributed by atoms with van der Waals surface area (Å²) in [5.74, 6) is -1.29. The van der Waals surface area contributed by atoms with Gasteiger partial charge in [-0.2, -0.15) is 0 Å². The standard InChI is InChI=1S/2C10H17Cl2NOS.2C8H6Cl2O3/c2*1-7(2)13(8(3)4)10(14)15-6-9(12)5-11;2*1-13-7-5(10)3-2-4(9)6(7)8(11)12/h2*5,7-8H,6H2,1-4H3;2*2-3H,1H3,(H,11,12)/b2*9-5-;;. The smallest absolute Gasteiger partial charge is 0.341 e. The van der Waals surface area contributed by atoms with E-state index in [0.29, 0.717) is 21.6 Å². The third-order valence-electron chi connectivity index (χ3n) is 6.50. The number of thioether (sulfide) groups is 2. The first-order chi connectivity index (χ1) is 25.9. The van der Waals surface area contributed by atoms with Crippen LogP contribution in [0.25, 0.3) is 0 Å². The second-order valence-corrected chi connectivity index (χ2v) is 16.8. The summed E-state index contributed by atoms with van der Waals surface area (Å²) in [6.45, 7) is 16.0. The van der Waals surface area contributed by atoms with Gasteiger partial charge in [0.05, 0.1) is 34.3 Å². The maximum Gasteiger partial charge on any atom is 0.341 e. The molecule has 0 bridgehead atoms. The number of aromatic carboxylic acids is 2. The summed E-state index contributed by atoms with van der Waals surface area (Å²) in [5, 5.41) is 19.3. The second kappa shape index (κ2) is 29.6. The number of hydrogen-bond acceptors (Lipinski definition) is 8. The summed E-state index contributed by atoms with van der Waals surface area (Å²) in [7, 11) is 2.67. The highest BCUT2D eigenvalue weighted by Gasteiger charge is 2.22. The van der Waals surface area contributed by atoms with Crippen LogP contribution < -0.4 is 9.47 Å². The van der Waals surface area contributed by atoms with E-state index in [1.807, 2.05) is 65.2 Å². The number of amides is 2. The number of hydrogen-bond donors (Lipinski definition) is 2. The molecule has 0 radical (unpaired) electrons. The summed E-state index contributed by atoms with van der Waals surface area (Å²) in [5.41, 5.74) is 2.35. The van der Waals surface area contributed by atoms with E-state index in [1.54, 1.807) is 0 Å². The zero-order valence-corrected chi connectivity index (χ0v) is 39.9. The first-order valence-electron chi connectivity index (χ1n) is 16.2. The molecule has 0 heterocycles. The lowest BCUT2D eigenvalue weighted by atomic mass is 10.2. The van der Waals surface area contributed by atoms with Gasteiger partial charge in [-0.1, -0.05) is 116 Å². The van der Waals surface area contributed by atoms with Crippen LogP contribution in [0.1, 0.15) is 76.1 Å². The zero-order chi connectivity index (χ0) is 44.0. The minimum atomic E-state index is -1.16. The van der Waals surface area contributed by atoms with Crippen molar-refractivity contribution in [3.05, 3.63) is 76.6 Å². The van der Waals surface area contributed by atoms with Gasteiger partial charge in [-0.25, -0.2) is 9.59 Å². The molecule has 0 unspecified atom stereocenters. The molecule has 56 heavy (non-hydrogen) atoms. The van der Waals surface area contributed by atoms with Gasteiger partial charge < -0.3 is 29.5 Å². The van der Waals surface area contributed by atoms with Gasteiger partial charge in [-0.05, 0) is 79.7 Å². The van der Waals surface area contributed by atoms with E-state index in [0.717, 1.165) is 0 Å². The van der Waals surface area contributed by atoms with E-state index >= 15 is 0 Å². The Kier molecular flexibility index (Phi) is 29.9. The van der Waals surface area contributed by atoms with Crippen LogP contribution in [0.15, 0.2) is 45.4 Å². The summed E-state index contributed by atoms with van der Waals surface area (Å²) < 4.78 is 9.64. The fourth-order valence-electron chi connectivity index (χ4n) is 4.37. The number of halogens is 8. The lowest BCUT2D eigenvalue weighted by molar-refractivity contribution is 0.0682. The first-order valence-corrected chi connectivity index (χ1v) is 21.4. The molecule has 0 fully saturated rings. The number of carbonyl (C=O) groups is 4. The average Bonchev–Trinajstić information content (AvgIpc) is 3.10. The molecule has 2 N–H and O–H groups in total. The van der Waals surface area contributed by atoms with Crippen molar-refractivity contribution in [2.75, 3.05) is 25.7 Å². The van der Waals surface area contributed by atoms with E-state index < -0.39 is 11.9 Å². The lowest BCUT2D eigenvalue weighted by Crippen LogP contribution is -2.39. The Balaban J connectivity index is 0. The number of carboxylic acids is 2. The summed E-state index contributed by atoms with van der Waals surface area (Å²) in [6, 6.07) is 6.58. The molecular weight excluding hydrogens is 936 g/mol. The molecule has 2 amide bonds. The number of rotatable bonds is 12. The normalized spacial score (nSPS) is 11.2. The van der Waals surface area contributed by atoms with Crippen LogP contribution in [-0.4, -0.2) is 92.3 Å². The molecule has 316 valence electrons. The van der Waals surface area contributed by atoms with Gasteiger partial charge in [0.15, 0.2) is 11.5 Å². The molecule has 0 aliphatic carbocycles. The van der Waals surface area contributed by atoms with Crippen molar-refractivity contribution >= 4 is 139 Å². The van der Waals surface area contributed by atoms with Gasteiger partial charge in [-0.3, -0.25) is 9.59 Å². The van der Waals surface area contributed by atoms with Crippen molar-refractivity contribution in [3.63, 3.8) is 0 Å². The number of carboxylic acid groups (broad SMARTS) is 2. The molecule has 0 aliphatic heterocycles.